The lowest BCUT2D eigenvalue weighted by Gasteiger charge is -2.12. The van der Waals surface area contributed by atoms with Gasteiger partial charge in [-0.2, -0.15) is 0 Å². The molecule has 2 N–H and O–H groups in total. The van der Waals surface area contributed by atoms with Gasteiger partial charge < -0.3 is 15.1 Å². The molecule has 32 heavy (non-hydrogen) atoms. The standard InChI is InChI=1S/C24H28N4O3S/c1-4-18(5-2)27-22(30)20-12-25-23(31-20)16-7-6-8-17(11-16)24-28-19(13-32-24)21(29)26-14(3)15-9-10-15/h6-8,11-15,18H,4-5,9-10H2,1-3H3,(H,26,29)(H,27,30)/t14-/m0/s1. The first-order valence-corrected chi connectivity index (χ1v) is 12.0. The number of hydrogen-bond acceptors (Lipinski definition) is 6. The van der Waals surface area contributed by atoms with Crippen LogP contribution >= 0.6 is 11.3 Å². The van der Waals surface area contributed by atoms with E-state index in [9.17, 15) is 9.59 Å². The summed E-state index contributed by atoms with van der Waals surface area (Å²) in [5.74, 6) is 0.759. The van der Waals surface area contributed by atoms with Gasteiger partial charge in [0.15, 0.2) is 0 Å². The first kappa shape index (κ1) is 22.2. The number of oxazole rings is 1. The number of benzene rings is 1. The molecule has 0 saturated heterocycles. The van der Waals surface area contributed by atoms with Crippen LogP contribution in [-0.2, 0) is 0 Å². The Morgan fingerprint density at radius 2 is 1.91 bits per heavy atom. The Morgan fingerprint density at radius 1 is 1.16 bits per heavy atom. The second kappa shape index (κ2) is 9.65. The molecule has 1 fully saturated rings. The highest BCUT2D eigenvalue weighted by Gasteiger charge is 2.29. The Bertz CT molecular complexity index is 1030. The van der Waals surface area contributed by atoms with Crippen LogP contribution in [0.3, 0.4) is 0 Å². The van der Waals surface area contributed by atoms with Gasteiger partial charge in [0, 0.05) is 28.6 Å². The number of rotatable bonds is 9. The van der Waals surface area contributed by atoms with Gasteiger partial charge in [-0.05, 0) is 50.7 Å². The van der Waals surface area contributed by atoms with Crippen molar-refractivity contribution in [3.8, 4) is 22.0 Å². The molecule has 3 aromatic rings. The van der Waals surface area contributed by atoms with Crippen LogP contribution in [0.2, 0.25) is 0 Å². The third-order valence-corrected chi connectivity index (χ3v) is 6.72. The minimum Gasteiger partial charge on any atom is -0.431 e. The molecule has 0 unspecified atom stereocenters. The zero-order valence-corrected chi connectivity index (χ0v) is 19.4. The van der Waals surface area contributed by atoms with E-state index in [1.165, 1.54) is 30.4 Å². The summed E-state index contributed by atoms with van der Waals surface area (Å²) in [4.78, 5) is 33.7. The van der Waals surface area contributed by atoms with E-state index in [4.69, 9.17) is 4.42 Å². The zero-order chi connectivity index (χ0) is 22.7. The molecule has 0 radical (unpaired) electrons. The molecule has 8 heteroatoms. The summed E-state index contributed by atoms with van der Waals surface area (Å²) in [6, 6.07) is 7.88. The van der Waals surface area contributed by atoms with Gasteiger partial charge in [0.2, 0.25) is 11.7 Å². The molecule has 7 nitrogen and oxygen atoms in total. The minimum absolute atomic E-state index is 0.114. The third kappa shape index (κ3) is 5.07. The molecule has 2 heterocycles. The number of carbonyl (C=O) groups excluding carboxylic acids is 2. The fraction of sp³-hybridized carbons (Fsp3) is 0.417. The minimum atomic E-state index is -0.260. The summed E-state index contributed by atoms with van der Waals surface area (Å²) in [5.41, 5.74) is 2.04. The summed E-state index contributed by atoms with van der Waals surface area (Å²) >= 11 is 1.42. The Hall–Kier alpha value is -3.00. The van der Waals surface area contributed by atoms with E-state index in [2.05, 4.69) is 20.6 Å². The molecular formula is C24H28N4O3S. The Morgan fingerprint density at radius 3 is 2.62 bits per heavy atom. The Kier molecular flexibility index (Phi) is 6.69. The molecule has 1 saturated carbocycles. The van der Waals surface area contributed by atoms with Gasteiger partial charge in [0.05, 0.1) is 6.20 Å². The molecule has 0 bridgehead atoms. The largest absolute Gasteiger partial charge is 0.431 e. The number of nitrogens with one attached hydrogen (secondary N) is 2. The van der Waals surface area contributed by atoms with Gasteiger partial charge >= 0.3 is 0 Å². The SMILES string of the molecule is CCC(CC)NC(=O)c1cnc(-c2cccc(-c3nc(C(=O)N[C@@H](C)C4CC4)cs3)c2)o1. The second-order valence-electron chi connectivity index (χ2n) is 8.23. The molecule has 2 aromatic heterocycles. The van der Waals surface area contributed by atoms with Crippen LogP contribution in [0.5, 0.6) is 0 Å². The van der Waals surface area contributed by atoms with Gasteiger partial charge in [-0.1, -0.05) is 26.0 Å². The van der Waals surface area contributed by atoms with Crippen LogP contribution in [-0.4, -0.2) is 33.9 Å². The molecule has 0 spiro atoms. The summed E-state index contributed by atoms with van der Waals surface area (Å²) in [7, 11) is 0. The first-order valence-electron chi connectivity index (χ1n) is 11.1. The van der Waals surface area contributed by atoms with Crippen LogP contribution in [0.25, 0.3) is 22.0 Å². The normalized spacial score (nSPS) is 14.4. The fourth-order valence-electron chi connectivity index (χ4n) is 3.55. The summed E-state index contributed by atoms with van der Waals surface area (Å²) in [6.45, 7) is 6.11. The summed E-state index contributed by atoms with van der Waals surface area (Å²) in [5, 5.41) is 8.52. The fourth-order valence-corrected chi connectivity index (χ4v) is 4.35. The van der Waals surface area contributed by atoms with Crippen molar-refractivity contribution in [2.24, 2.45) is 5.92 Å². The summed E-state index contributed by atoms with van der Waals surface area (Å²) in [6.07, 6.45) is 5.53. The molecule has 1 atom stereocenters. The lowest BCUT2D eigenvalue weighted by atomic mass is 10.1. The maximum absolute atomic E-state index is 12.5. The highest BCUT2D eigenvalue weighted by atomic mass is 32.1. The van der Waals surface area contributed by atoms with Crippen molar-refractivity contribution in [3.63, 3.8) is 0 Å². The van der Waals surface area contributed by atoms with Crippen molar-refractivity contribution in [1.82, 2.24) is 20.6 Å². The average Bonchev–Trinajstić information content (AvgIpc) is 3.33. The van der Waals surface area contributed by atoms with Gasteiger partial charge in [-0.15, -0.1) is 11.3 Å². The van der Waals surface area contributed by atoms with Crippen molar-refractivity contribution in [2.45, 2.75) is 58.5 Å². The number of carbonyl (C=O) groups is 2. The molecule has 168 valence electrons. The lowest BCUT2D eigenvalue weighted by molar-refractivity contribution is 0.0905. The van der Waals surface area contributed by atoms with Crippen molar-refractivity contribution < 1.29 is 14.0 Å². The van der Waals surface area contributed by atoms with Crippen LogP contribution in [0.15, 0.2) is 40.3 Å². The van der Waals surface area contributed by atoms with E-state index in [1.807, 2.05) is 45.0 Å². The van der Waals surface area contributed by atoms with Crippen LogP contribution < -0.4 is 10.6 Å². The molecule has 0 aliphatic heterocycles. The van der Waals surface area contributed by atoms with E-state index >= 15 is 0 Å². The summed E-state index contributed by atoms with van der Waals surface area (Å²) < 4.78 is 5.72. The molecule has 1 aromatic carbocycles. The number of hydrogen-bond donors (Lipinski definition) is 2. The number of nitrogens with zero attached hydrogens (tertiary/aromatic N) is 2. The third-order valence-electron chi connectivity index (χ3n) is 5.83. The predicted molar refractivity (Wildman–Crippen MR) is 125 cm³/mol. The van der Waals surface area contributed by atoms with Crippen LogP contribution in [0.1, 0.15) is 67.5 Å². The van der Waals surface area contributed by atoms with Gasteiger partial charge in [-0.25, -0.2) is 9.97 Å². The first-order chi connectivity index (χ1) is 15.5. The quantitative estimate of drug-likeness (QED) is 0.481. The molecule has 1 aliphatic carbocycles. The number of thiazole rings is 1. The monoisotopic (exact) mass is 452 g/mol. The van der Waals surface area contributed by atoms with E-state index in [0.29, 0.717) is 17.5 Å². The molecule has 2 amide bonds. The lowest BCUT2D eigenvalue weighted by Crippen LogP contribution is -2.34. The molecule has 4 rings (SSSR count). The number of amides is 2. The van der Waals surface area contributed by atoms with Crippen molar-refractivity contribution >= 4 is 23.2 Å². The average molecular weight is 453 g/mol. The van der Waals surface area contributed by atoms with Crippen LogP contribution in [0.4, 0.5) is 0 Å². The van der Waals surface area contributed by atoms with Gasteiger partial charge in [0.25, 0.3) is 11.8 Å². The van der Waals surface area contributed by atoms with Crippen LogP contribution in [0, 0.1) is 5.92 Å². The van der Waals surface area contributed by atoms with Crippen molar-refractivity contribution in [1.29, 1.82) is 0 Å². The smallest absolute Gasteiger partial charge is 0.288 e. The maximum Gasteiger partial charge on any atom is 0.288 e. The Labute approximate surface area is 191 Å². The van der Waals surface area contributed by atoms with E-state index in [0.717, 1.165) is 29.0 Å². The van der Waals surface area contributed by atoms with Gasteiger partial charge in [-0.3, -0.25) is 9.59 Å². The highest BCUT2D eigenvalue weighted by molar-refractivity contribution is 7.13. The van der Waals surface area contributed by atoms with Crippen molar-refractivity contribution in [3.05, 3.63) is 47.3 Å². The zero-order valence-electron chi connectivity index (χ0n) is 18.6. The topological polar surface area (TPSA) is 97.1 Å². The molecule has 1 aliphatic rings. The number of aromatic nitrogens is 2. The van der Waals surface area contributed by atoms with Gasteiger partial charge in [0.1, 0.15) is 10.7 Å². The molecular weight excluding hydrogens is 424 g/mol. The van der Waals surface area contributed by atoms with E-state index in [-0.39, 0.29) is 29.7 Å². The maximum atomic E-state index is 12.5. The van der Waals surface area contributed by atoms with E-state index in [1.54, 1.807) is 5.38 Å². The highest BCUT2D eigenvalue weighted by Crippen LogP contribution is 2.33. The van der Waals surface area contributed by atoms with Crippen molar-refractivity contribution in [2.75, 3.05) is 0 Å². The predicted octanol–water partition coefficient (Wildman–Crippen LogP) is 4.91. The van der Waals surface area contributed by atoms with E-state index < -0.39 is 0 Å². The second-order valence-corrected chi connectivity index (χ2v) is 9.09. The Balaban J connectivity index is 1.47.